The Morgan fingerprint density at radius 2 is 1.77 bits per heavy atom. The third kappa shape index (κ3) is 5.52. The molecular weight excluding hydrogens is 415 g/mol. The molecule has 0 atom stereocenters. The second kappa shape index (κ2) is 9.78. The first-order valence-corrected chi connectivity index (χ1v) is 11.2. The van der Waals surface area contributed by atoms with E-state index in [-0.39, 0.29) is 30.6 Å². The van der Waals surface area contributed by atoms with Gasteiger partial charge < -0.3 is 10.6 Å². The predicted octanol–water partition coefficient (Wildman–Crippen LogP) is 3.31. The van der Waals surface area contributed by atoms with E-state index in [1.165, 1.54) is 12.1 Å². The average Bonchev–Trinajstić information content (AvgIpc) is 3.33. The van der Waals surface area contributed by atoms with Crippen molar-refractivity contribution < 1.29 is 14.0 Å². The lowest BCUT2D eigenvalue weighted by Gasteiger charge is -2.11. The van der Waals surface area contributed by atoms with E-state index in [4.69, 9.17) is 0 Å². The summed E-state index contributed by atoms with van der Waals surface area (Å²) in [6, 6.07) is 15.8. The van der Waals surface area contributed by atoms with Crippen LogP contribution in [0, 0.1) is 5.82 Å². The van der Waals surface area contributed by atoms with Gasteiger partial charge in [-0.25, -0.2) is 9.07 Å². The summed E-state index contributed by atoms with van der Waals surface area (Å²) in [5, 5.41) is 10.4. The SMILES string of the molecule is O=C(Cn1nc2c(c1NC(=O)Cc1ccc(F)cc1)CSC2)NCCc1ccccc1. The number of nitrogens with one attached hydrogen (secondary N) is 2. The maximum Gasteiger partial charge on any atom is 0.241 e. The average molecular weight is 439 g/mol. The Hall–Kier alpha value is -3.13. The number of aromatic nitrogens is 2. The van der Waals surface area contributed by atoms with Crippen LogP contribution in [0.5, 0.6) is 0 Å². The molecule has 2 aromatic carbocycles. The predicted molar refractivity (Wildman–Crippen MR) is 119 cm³/mol. The second-order valence-electron chi connectivity index (χ2n) is 7.36. The number of nitrogens with zero attached hydrogens (tertiary/aromatic N) is 2. The quantitative estimate of drug-likeness (QED) is 0.566. The molecule has 1 aliphatic heterocycles. The van der Waals surface area contributed by atoms with Crippen molar-refractivity contribution in [1.82, 2.24) is 15.1 Å². The minimum Gasteiger partial charge on any atom is -0.354 e. The number of rotatable bonds is 8. The standard InChI is InChI=1S/C23H23FN4O2S/c24-18-8-6-17(7-9-18)12-21(29)26-23-19-14-31-15-20(19)27-28(23)13-22(30)25-11-10-16-4-2-1-3-5-16/h1-9H,10-15H2,(H,25,30)(H,26,29). The van der Waals surface area contributed by atoms with E-state index in [0.29, 0.717) is 12.4 Å². The van der Waals surface area contributed by atoms with Crippen molar-refractivity contribution in [2.45, 2.75) is 30.9 Å². The van der Waals surface area contributed by atoms with Crippen LogP contribution in [0.15, 0.2) is 54.6 Å². The summed E-state index contributed by atoms with van der Waals surface area (Å²) >= 11 is 1.73. The topological polar surface area (TPSA) is 76.0 Å². The summed E-state index contributed by atoms with van der Waals surface area (Å²) in [6.07, 6.45) is 0.872. The molecule has 0 aliphatic carbocycles. The molecule has 2 N–H and O–H groups in total. The van der Waals surface area contributed by atoms with Crippen LogP contribution in [0.25, 0.3) is 0 Å². The van der Waals surface area contributed by atoms with Gasteiger partial charge in [0.05, 0.1) is 12.1 Å². The zero-order valence-electron chi connectivity index (χ0n) is 16.9. The van der Waals surface area contributed by atoms with Crippen LogP contribution >= 0.6 is 11.8 Å². The third-order valence-electron chi connectivity index (χ3n) is 5.03. The maximum atomic E-state index is 13.1. The fourth-order valence-electron chi connectivity index (χ4n) is 3.47. The number of thioether (sulfide) groups is 1. The number of fused-ring (bicyclic) bond motifs is 1. The highest BCUT2D eigenvalue weighted by molar-refractivity contribution is 7.98. The van der Waals surface area contributed by atoms with Gasteiger partial charge in [-0.3, -0.25) is 9.59 Å². The normalized spacial score (nSPS) is 12.4. The van der Waals surface area contributed by atoms with E-state index in [2.05, 4.69) is 15.7 Å². The van der Waals surface area contributed by atoms with Crippen LogP contribution in [-0.2, 0) is 40.5 Å². The van der Waals surface area contributed by atoms with Crippen molar-refractivity contribution in [1.29, 1.82) is 0 Å². The van der Waals surface area contributed by atoms with Gasteiger partial charge in [0.2, 0.25) is 11.8 Å². The number of anilines is 1. The highest BCUT2D eigenvalue weighted by Crippen LogP contribution is 2.34. The lowest BCUT2D eigenvalue weighted by atomic mass is 10.1. The van der Waals surface area contributed by atoms with Crippen LogP contribution in [0.4, 0.5) is 10.2 Å². The molecule has 1 aromatic heterocycles. The summed E-state index contributed by atoms with van der Waals surface area (Å²) < 4.78 is 14.7. The van der Waals surface area contributed by atoms with Crippen LogP contribution in [0.1, 0.15) is 22.4 Å². The summed E-state index contributed by atoms with van der Waals surface area (Å²) in [4.78, 5) is 25.0. The number of amides is 2. The number of halogens is 1. The number of benzene rings is 2. The molecule has 2 heterocycles. The van der Waals surface area contributed by atoms with Gasteiger partial charge in [-0.2, -0.15) is 16.9 Å². The van der Waals surface area contributed by atoms with E-state index in [1.807, 2.05) is 30.3 Å². The Kier molecular flexibility index (Phi) is 6.66. The first-order valence-electron chi connectivity index (χ1n) is 10.1. The summed E-state index contributed by atoms with van der Waals surface area (Å²) in [5.41, 5.74) is 3.75. The third-order valence-corrected chi connectivity index (χ3v) is 6.00. The molecule has 2 amide bonds. The van der Waals surface area contributed by atoms with Gasteiger partial charge in [0.25, 0.3) is 0 Å². The molecule has 0 fully saturated rings. The lowest BCUT2D eigenvalue weighted by Crippen LogP contribution is -2.30. The van der Waals surface area contributed by atoms with Crippen LogP contribution in [0.3, 0.4) is 0 Å². The van der Waals surface area contributed by atoms with Gasteiger partial charge in [0.1, 0.15) is 18.2 Å². The van der Waals surface area contributed by atoms with Crippen LogP contribution < -0.4 is 10.6 Å². The van der Waals surface area contributed by atoms with Crippen LogP contribution in [0.2, 0.25) is 0 Å². The fraction of sp³-hybridized carbons (Fsp3) is 0.261. The Balaban J connectivity index is 1.38. The molecule has 6 nitrogen and oxygen atoms in total. The molecule has 160 valence electrons. The zero-order chi connectivity index (χ0) is 21.6. The summed E-state index contributed by atoms with van der Waals surface area (Å²) in [5.74, 6) is 1.37. The molecular formula is C23H23FN4O2S. The molecule has 0 spiro atoms. The van der Waals surface area contributed by atoms with Gasteiger partial charge in [-0.1, -0.05) is 42.5 Å². The minimum absolute atomic E-state index is 0.0403. The van der Waals surface area contributed by atoms with E-state index in [1.54, 1.807) is 28.6 Å². The van der Waals surface area contributed by atoms with Crippen molar-refractivity contribution in [2.24, 2.45) is 0 Å². The van der Waals surface area contributed by atoms with E-state index in [9.17, 15) is 14.0 Å². The van der Waals surface area contributed by atoms with Gasteiger partial charge >= 0.3 is 0 Å². The second-order valence-corrected chi connectivity index (χ2v) is 8.35. The van der Waals surface area contributed by atoms with Crippen molar-refractivity contribution in [3.63, 3.8) is 0 Å². The van der Waals surface area contributed by atoms with E-state index in [0.717, 1.165) is 40.3 Å². The first-order chi connectivity index (χ1) is 15.1. The minimum atomic E-state index is -0.338. The van der Waals surface area contributed by atoms with Crippen molar-refractivity contribution >= 4 is 29.4 Å². The van der Waals surface area contributed by atoms with Crippen molar-refractivity contribution in [2.75, 3.05) is 11.9 Å². The Morgan fingerprint density at radius 3 is 2.55 bits per heavy atom. The Bertz CT molecular complexity index is 1070. The Morgan fingerprint density at radius 1 is 1.00 bits per heavy atom. The number of hydrogen-bond acceptors (Lipinski definition) is 4. The summed E-state index contributed by atoms with van der Waals surface area (Å²) in [7, 11) is 0. The molecule has 31 heavy (non-hydrogen) atoms. The molecule has 1 aliphatic rings. The molecule has 0 radical (unpaired) electrons. The molecule has 3 aromatic rings. The zero-order valence-corrected chi connectivity index (χ0v) is 17.8. The highest BCUT2D eigenvalue weighted by atomic mass is 32.2. The van der Waals surface area contributed by atoms with Crippen molar-refractivity contribution in [3.8, 4) is 0 Å². The largest absolute Gasteiger partial charge is 0.354 e. The van der Waals surface area contributed by atoms with Gasteiger partial charge in [0.15, 0.2) is 0 Å². The fourth-order valence-corrected chi connectivity index (χ4v) is 4.50. The number of carbonyl (C=O) groups excluding carboxylic acids is 2. The molecule has 0 bridgehead atoms. The number of hydrogen-bond donors (Lipinski definition) is 2. The highest BCUT2D eigenvalue weighted by Gasteiger charge is 2.25. The monoisotopic (exact) mass is 438 g/mol. The molecule has 0 saturated carbocycles. The molecule has 4 rings (SSSR count). The smallest absolute Gasteiger partial charge is 0.241 e. The molecule has 8 heteroatoms. The molecule has 0 saturated heterocycles. The van der Waals surface area contributed by atoms with E-state index >= 15 is 0 Å². The van der Waals surface area contributed by atoms with Crippen molar-refractivity contribution in [3.05, 3.63) is 82.8 Å². The lowest BCUT2D eigenvalue weighted by molar-refractivity contribution is -0.122. The summed E-state index contributed by atoms with van der Waals surface area (Å²) in [6.45, 7) is 0.574. The van der Waals surface area contributed by atoms with Gasteiger partial charge in [-0.05, 0) is 29.7 Å². The Labute approximate surface area is 184 Å². The van der Waals surface area contributed by atoms with Gasteiger partial charge in [0, 0.05) is 23.6 Å². The first kappa shape index (κ1) is 21.1. The number of carbonyl (C=O) groups is 2. The van der Waals surface area contributed by atoms with E-state index < -0.39 is 0 Å². The van der Waals surface area contributed by atoms with Gasteiger partial charge in [-0.15, -0.1) is 0 Å². The maximum absolute atomic E-state index is 13.1. The molecule has 0 unspecified atom stereocenters. The van der Waals surface area contributed by atoms with Crippen LogP contribution in [-0.4, -0.2) is 28.1 Å².